The summed E-state index contributed by atoms with van der Waals surface area (Å²) in [5, 5.41) is 2.66. The maximum absolute atomic E-state index is 12.5. The van der Waals surface area contributed by atoms with Gasteiger partial charge in [-0.25, -0.2) is 0 Å². The minimum absolute atomic E-state index is 0. The Kier molecular flexibility index (Phi) is 6.07. The molecule has 19 heavy (non-hydrogen) atoms. The van der Waals surface area contributed by atoms with Crippen molar-refractivity contribution in [2.45, 2.75) is 50.6 Å². The first-order chi connectivity index (χ1) is 8.63. The SMILES string of the molecule is CNC(=O)C1CCCCN1C(=O)C1CCC(N)C1.Cl. The Hall–Kier alpha value is -0.810. The molecule has 1 aliphatic heterocycles. The lowest BCUT2D eigenvalue weighted by Crippen LogP contribution is -2.52. The van der Waals surface area contributed by atoms with Gasteiger partial charge >= 0.3 is 0 Å². The van der Waals surface area contributed by atoms with Crippen molar-refractivity contribution in [1.29, 1.82) is 0 Å². The van der Waals surface area contributed by atoms with Crippen LogP contribution in [0, 0.1) is 5.92 Å². The Labute approximate surface area is 120 Å². The smallest absolute Gasteiger partial charge is 0.242 e. The molecule has 0 bridgehead atoms. The number of nitrogens with zero attached hydrogens (tertiary/aromatic N) is 1. The molecule has 5 nitrogen and oxygen atoms in total. The van der Waals surface area contributed by atoms with Crippen molar-refractivity contribution in [2.75, 3.05) is 13.6 Å². The molecule has 3 unspecified atom stereocenters. The van der Waals surface area contributed by atoms with Crippen LogP contribution in [0.3, 0.4) is 0 Å². The summed E-state index contributed by atoms with van der Waals surface area (Å²) in [7, 11) is 1.63. The van der Waals surface area contributed by atoms with Gasteiger partial charge in [-0.3, -0.25) is 9.59 Å². The van der Waals surface area contributed by atoms with Gasteiger partial charge in [0.1, 0.15) is 6.04 Å². The maximum atomic E-state index is 12.5. The average Bonchev–Trinajstić information content (AvgIpc) is 2.83. The van der Waals surface area contributed by atoms with Crippen LogP contribution < -0.4 is 11.1 Å². The van der Waals surface area contributed by atoms with E-state index in [-0.39, 0.29) is 42.2 Å². The molecular weight excluding hydrogens is 266 g/mol. The number of nitrogens with two attached hydrogens (primary N) is 1. The lowest BCUT2D eigenvalue weighted by Gasteiger charge is -2.36. The van der Waals surface area contributed by atoms with Crippen LogP contribution >= 0.6 is 12.4 Å². The minimum atomic E-state index is -0.270. The molecular formula is C13H24ClN3O2. The number of hydrogen-bond donors (Lipinski definition) is 2. The van der Waals surface area contributed by atoms with E-state index in [2.05, 4.69) is 5.32 Å². The van der Waals surface area contributed by atoms with Crippen molar-refractivity contribution < 1.29 is 9.59 Å². The van der Waals surface area contributed by atoms with Gasteiger partial charge in [0.05, 0.1) is 0 Å². The molecule has 0 aromatic carbocycles. The number of hydrogen-bond acceptors (Lipinski definition) is 3. The summed E-state index contributed by atoms with van der Waals surface area (Å²) >= 11 is 0. The molecule has 3 atom stereocenters. The molecule has 0 aromatic heterocycles. The number of likely N-dealkylation sites (tertiary alicyclic amines) is 1. The van der Waals surface area contributed by atoms with Crippen LogP contribution in [0.2, 0.25) is 0 Å². The Morgan fingerprint density at radius 2 is 1.95 bits per heavy atom. The summed E-state index contributed by atoms with van der Waals surface area (Å²) in [6, 6.07) is -0.115. The van der Waals surface area contributed by atoms with Crippen LogP contribution in [0.4, 0.5) is 0 Å². The summed E-state index contributed by atoms with van der Waals surface area (Å²) in [5.41, 5.74) is 5.86. The third kappa shape index (κ3) is 3.60. The molecule has 110 valence electrons. The molecule has 2 fully saturated rings. The molecule has 2 amide bonds. The topological polar surface area (TPSA) is 75.4 Å². The van der Waals surface area contributed by atoms with Crippen molar-refractivity contribution in [3.05, 3.63) is 0 Å². The quantitative estimate of drug-likeness (QED) is 0.784. The third-order valence-corrected chi connectivity index (χ3v) is 4.16. The van der Waals surface area contributed by atoms with Gasteiger partial charge in [0, 0.05) is 25.6 Å². The number of nitrogens with one attached hydrogen (secondary N) is 1. The molecule has 1 heterocycles. The van der Waals surface area contributed by atoms with Crippen molar-refractivity contribution in [3.8, 4) is 0 Å². The monoisotopic (exact) mass is 289 g/mol. The zero-order valence-corrected chi connectivity index (χ0v) is 12.2. The van der Waals surface area contributed by atoms with Crippen molar-refractivity contribution >= 4 is 24.2 Å². The molecule has 2 aliphatic rings. The number of rotatable bonds is 2. The molecule has 2 rings (SSSR count). The van der Waals surface area contributed by atoms with Gasteiger partial charge in [0.2, 0.25) is 11.8 Å². The molecule has 0 aromatic rings. The summed E-state index contributed by atoms with van der Waals surface area (Å²) in [5.74, 6) is 0.131. The summed E-state index contributed by atoms with van der Waals surface area (Å²) in [6.07, 6.45) is 5.37. The Balaban J connectivity index is 0.00000180. The van der Waals surface area contributed by atoms with Gasteiger partial charge in [-0.15, -0.1) is 12.4 Å². The van der Waals surface area contributed by atoms with Gasteiger partial charge < -0.3 is 16.0 Å². The van der Waals surface area contributed by atoms with Gasteiger partial charge in [-0.1, -0.05) is 0 Å². The first kappa shape index (κ1) is 16.2. The highest BCUT2D eigenvalue weighted by molar-refractivity contribution is 5.88. The minimum Gasteiger partial charge on any atom is -0.357 e. The zero-order chi connectivity index (χ0) is 13.1. The number of amides is 2. The third-order valence-electron chi connectivity index (χ3n) is 4.16. The number of likely N-dealkylation sites (N-methyl/N-ethyl adjacent to an activating group) is 1. The van der Waals surface area contributed by atoms with Crippen LogP contribution in [-0.2, 0) is 9.59 Å². The van der Waals surface area contributed by atoms with E-state index in [1.54, 1.807) is 11.9 Å². The summed E-state index contributed by atoms with van der Waals surface area (Å²) in [4.78, 5) is 26.1. The first-order valence-electron chi connectivity index (χ1n) is 6.91. The van der Waals surface area contributed by atoms with E-state index < -0.39 is 0 Å². The predicted octanol–water partition coefficient (Wildman–Crippen LogP) is 0.663. The highest BCUT2D eigenvalue weighted by Crippen LogP contribution is 2.28. The van der Waals surface area contributed by atoms with E-state index in [0.717, 1.165) is 38.5 Å². The lowest BCUT2D eigenvalue weighted by atomic mass is 9.97. The van der Waals surface area contributed by atoms with E-state index in [0.29, 0.717) is 6.54 Å². The molecule has 1 saturated carbocycles. The van der Waals surface area contributed by atoms with E-state index in [9.17, 15) is 9.59 Å². The van der Waals surface area contributed by atoms with E-state index in [4.69, 9.17) is 5.73 Å². The predicted molar refractivity (Wildman–Crippen MR) is 76.0 cm³/mol. The second-order valence-electron chi connectivity index (χ2n) is 5.43. The second-order valence-corrected chi connectivity index (χ2v) is 5.43. The van der Waals surface area contributed by atoms with Crippen LogP contribution in [0.25, 0.3) is 0 Å². The molecule has 6 heteroatoms. The second kappa shape index (κ2) is 7.10. The fourth-order valence-electron chi connectivity index (χ4n) is 3.11. The molecule has 0 radical (unpaired) electrons. The van der Waals surface area contributed by atoms with E-state index in [1.807, 2.05) is 0 Å². The fourth-order valence-corrected chi connectivity index (χ4v) is 3.11. The van der Waals surface area contributed by atoms with Crippen LogP contribution in [0.5, 0.6) is 0 Å². The Morgan fingerprint density at radius 1 is 1.21 bits per heavy atom. The van der Waals surface area contributed by atoms with Crippen molar-refractivity contribution in [1.82, 2.24) is 10.2 Å². The van der Waals surface area contributed by atoms with Gasteiger partial charge in [-0.2, -0.15) is 0 Å². The van der Waals surface area contributed by atoms with Crippen LogP contribution in [-0.4, -0.2) is 42.4 Å². The van der Waals surface area contributed by atoms with E-state index >= 15 is 0 Å². The zero-order valence-electron chi connectivity index (χ0n) is 11.4. The molecule has 1 aliphatic carbocycles. The highest BCUT2D eigenvalue weighted by Gasteiger charge is 2.37. The Bertz CT molecular complexity index is 338. The van der Waals surface area contributed by atoms with Gasteiger partial charge in [-0.05, 0) is 38.5 Å². The molecule has 3 N–H and O–H groups in total. The average molecular weight is 290 g/mol. The largest absolute Gasteiger partial charge is 0.357 e. The van der Waals surface area contributed by atoms with Gasteiger partial charge in [0.15, 0.2) is 0 Å². The van der Waals surface area contributed by atoms with Crippen molar-refractivity contribution in [2.24, 2.45) is 11.7 Å². The normalized spacial score (nSPS) is 30.6. The maximum Gasteiger partial charge on any atom is 0.242 e. The Morgan fingerprint density at radius 3 is 2.53 bits per heavy atom. The lowest BCUT2D eigenvalue weighted by molar-refractivity contribution is -0.145. The number of carbonyl (C=O) groups excluding carboxylic acids is 2. The molecule has 0 spiro atoms. The standard InChI is InChI=1S/C13H23N3O2.ClH/c1-15-12(17)11-4-2-3-7-16(11)13(18)9-5-6-10(14)8-9;/h9-11H,2-8,14H2,1H3,(H,15,17);1H. The van der Waals surface area contributed by atoms with Crippen LogP contribution in [0.15, 0.2) is 0 Å². The number of piperidine rings is 1. The highest BCUT2D eigenvalue weighted by atomic mass is 35.5. The molecule has 1 saturated heterocycles. The van der Waals surface area contributed by atoms with Crippen LogP contribution in [0.1, 0.15) is 38.5 Å². The number of carbonyl (C=O) groups is 2. The fraction of sp³-hybridized carbons (Fsp3) is 0.846. The first-order valence-corrected chi connectivity index (χ1v) is 6.91. The van der Waals surface area contributed by atoms with Crippen molar-refractivity contribution in [3.63, 3.8) is 0 Å². The van der Waals surface area contributed by atoms with E-state index in [1.165, 1.54) is 0 Å². The summed E-state index contributed by atoms with van der Waals surface area (Å²) in [6.45, 7) is 0.711. The number of halogens is 1. The van der Waals surface area contributed by atoms with Gasteiger partial charge in [0.25, 0.3) is 0 Å². The summed E-state index contributed by atoms with van der Waals surface area (Å²) < 4.78 is 0.